The molecule has 1 aromatic carbocycles. The molecule has 0 spiro atoms. The number of nitrogens with one attached hydrogen (secondary N) is 1. The molecule has 0 aliphatic rings. The van der Waals surface area contributed by atoms with Gasteiger partial charge in [-0.15, -0.1) is 0 Å². The molecule has 0 bridgehead atoms. The van der Waals surface area contributed by atoms with Crippen LogP contribution in [0.1, 0.15) is 12.8 Å². The molecule has 0 radical (unpaired) electrons. The van der Waals surface area contributed by atoms with E-state index in [-0.39, 0.29) is 24.6 Å². The van der Waals surface area contributed by atoms with E-state index in [1.807, 2.05) is 0 Å². The summed E-state index contributed by atoms with van der Waals surface area (Å²) in [4.78, 5) is 11.7. The van der Waals surface area contributed by atoms with Crippen LogP contribution in [0.3, 0.4) is 0 Å². The molecule has 23 heavy (non-hydrogen) atoms. The van der Waals surface area contributed by atoms with E-state index < -0.39 is 21.7 Å². The number of sulfonamides is 1. The zero-order valence-corrected chi connectivity index (χ0v) is 13.8. The molecule has 1 amide bonds. The van der Waals surface area contributed by atoms with Gasteiger partial charge in [0.15, 0.2) is 11.6 Å². The molecule has 0 heterocycles. The quantitative estimate of drug-likeness (QED) is 0.681. The molecule has 0 aliphatic heterocycles. The van der Waals surface area contributed by atoms with Crippen LogP contribution in [0.5, 0.6) is 0 Å². The van der Waals surface area contributed by atoms with E-state index in [2.05, 4.69) is 5.32 Å². The Morgan fingerprint density at radius 1 is 1.30 bits per heavy atom. The van der Waals surface area contributed by atoms with Crippen LogP contribution in [-0.4, -0.2) is 47.4 Å². The van der Waals surface area contributed by atoms with Crippen LogP contribution >= 0.6 is 0 Å². The van der Waals surface area contributed by atoms with Crippen molar-refractivity contribution in [1.82, 2.24) is 5.32 Å². The van der Waals surface area contributed by atoms with Crippen molar-refractivity contribution < 1.29 is 26.7 Å². The number of hydrogen-bond acceptors (Lipinski definition) is 4. The molecule has 130 valence electrons. The second kappa shape index (κ2) is 8.78. The average Bonchev–Trinajstić information content (AvgIpc) is 2.46. The first-order chi connectivity index (χ1) is 10.8. The van der Waals surface area contributed by atoms with Crippen molar-refractivity contribution in [1.29, 1.82) is 0 Å². The van der Waals surface area contributed by atoms with E-state index in [0.717, 1.165) is 28.8 Å². The van der Waals surface area contributed by atoms with Gasteiger partial charge < -0.3 is 10.1 Å². The number of carbonyl (C=O) groups excluding carboxylic acids is 1. The van der Waals surface area contributed by atoms with Gasteiger partial charge in [-0.05, 0) is 18.6 Å². The summed E-state index contributed by atoms with van der Waals surface area (Å²) >= 11 is 0. The van der Waals surface area contributed by atoms with Crippen molar-refractivity contribution in [3.63, 3.8) is 0 Å². The minimum atomic E-state index is -3.73. The Kier molecular flexibility index (Phi) is 7.37. The van der Waals surface area contributed by atoms with Gasteiger partial charge in [0.2, 0.25) is 15.9 Å². The molecule has 0 aromatic heterocycles. The van der Waals surface area contributed by atoms with Gasteiger partial charge in [0.1, 0.15) is 0 Å². The molecular weight excluding hydrogens is 330 g/mol. The molecule has 1 N–H and O–H groups in total. The topological polar surface area (TPSA) is 75.7 Å². The minimum absolute atomic E-state index is 0.0291. The van der Waals surface area contributed by atoms with E-state index in [1.165, 1.54) is 0 Å². The smallest absolute Gasteiger partial charge is 0.232 e. The van der Waals surface area contributed by atoms with E-state index in [0.29, 0.717) is 19.6 Å². The van der Waals surface area contributed by atoms with Crippen LogP contribution in [-0.2, 0) is 19.6 Å². The Hall–Kier alpha value is -1.74. The van der Waals surface area contributed by atoms with Crippen LogP contribution in [0.4, 0.5) is 14.5 Å². The van der Waals surface area contributed by atoms with E-state index in [9.17, 15) is 22.0 Å². The first kappa shape index (κ1) is 19.3. The summed E-state index contributed by atoms with van der Waals surface area (Å²) in [6.07, 6.45) is 1.48. The van der Waals surface area contributed by atoms with Crippen molar-refractivity contribution in [2.24, 2.45) is 0 Å². The highest BCUT2D eigenvalue weighted by molar-refractivity contribution is 7.92. The maximum absolute atomic E-state index is 13.3. The summed E-state index contributed by atoms with van der Waals surface area (Å²) in [5, 5.41) is 2.62. The lowest BCUT2D eigenvalue weighted by atomic mass is 10.3. The van der Waals surface area contributed by atoms with Crippen LogP contribution in [0.15, 0.2) is 18.2 Å². The number of ether oxygens (including phenoxy) is 1. The van der Waals surface area contributed by atoms with E-state index in [4.69, 9.17) is 4.74 Å². The third kappa shape index (κ3) is 6.49. The number of rotatable bonds is 9. The van der Waals surface area contributed by atoms with Gasteiger partial charge in [0.05, 0.1) is 11.9 Å². The second-order valence-corrected chi connectivity index (χ2v) is 6.79. The van der Waals surface area contributed by atoms with E-state index in [1.54, 1.807) is 7.11 Å². The van der Waals surface area contributed by atoms with Gasteiger partial charge in [0.25, 0.3) is 0 Å². The Morgan fingerprint density at radius 2 is 2.00 bits per heavy atom. The van der Waals surface area contributed by atoms with Gasteiger partial charge in [-0.2, -0.15) is 0 Å². The zero-order valence-electron chi connectivity index (χ0n) is 13.0. The summed E-state index contributed by atoms with van der Waals surface area (Å²) in [7, 11) is -2.18. The fourth-order valence-corrected chi connectivity index (χ4v) is 2.78. The van der Waals surface area contributed by atoms with Crippen molar-refractivity contribution >= 4 is 21.6 Å². The minimum Gasteiger partial charge on any atom is -0.385 e. The van der Waals surface area contributed by atoms with Gasteiger partial charge in [0, 0.05) is 39.3 Å². The maximum atomic E-state index is 13.3. The third-order valence-corrected chi connectivity index (χ3v) is 4.17. The van der Waals surface area contributed by atoms with Crippen molar-refractivity contribution in [3.8, 4) is 0 Å². The normalized spacial score (nSPS) is 11.3. The number of methoxy groups -OCH3 is 1. The Labute approximate surface area is 134 Å². The number of benzene rings is 1. The number of halogens is 2. The summed E-state index contributed by atoms with van der Waals surface area (Å²) in [6, 6.07) is 2.77. The largest absolute Gasteiger partial charge is 0.385 e. The number of amides is 1. The molecule has 6 nitrogen and oxygen atoms in total. The zero-order chi connectivity index (χ0) is 17.5. The summed E-state index contributed by atoms with van der Waals surface area (Å²) in [5.74, 6) is -2.56. The number of carbonyl (C=O) groups is 1. The first-order valence-corrected chi connectivity index (χ1v) is 8.79. The Balaban J connectivity index is 2.70. The van der Waals surface area contributed by atoms with Crippen LogP contribution < -0.4 is 9.62 Å². The SMILES string of the molecule is COCCCNC(=O)CCN(c1ccc(F)c(F)c1)S(C)(=O)=O. The lowest BCUT2D eigenvalue weighted by molar-refractivity contribution is -0.120. The molecule has 0 atom stereocenters. The number of anilines is 1. The van der Waals surface area contributed by atoms with Gasteiger partial charge in [-0.25, -0.2) is 17.2 Å². The predicted octanol–water partition coefficient (Wildman–Crippen LogP) is 1.27. The lowest BCUT2D eigenvalue weighted by Crippen LogP contribution is -2.35. The Morgan fingerprint density at radius 3 is 2.57 bits per heavy atom. The predicted molar refractivity (Wildman–Crippen MR) is 82.7 cm³/mol. The third-order valence-electron chi connectivity index (χ3n) is 2.98. The summed E-state index contributed by atoms with van der Waals surface area (Å²) in [6.45, 7) is 0.751. The molecule has 9 heteroatoms. The molecule has 1 rings (SSSR count). The average molecular weight is 350 g/mol. The van der Waals surface area contributed by atoms with Gasteiger partial charge >= 0.3 is 0 Å². The number of hydrogen-bond donors (Lipinski definition) is 1. The monoisotopic (exact) mass is 350 g/mol. The summed E-state index contributed by atoms with van der Waals surface area (Å²) in [5.41, 5.74) is -0.0291. The van der Waals surface area contributed by atoms with Crippen molar-refractivity contribution in [3.05, 3.63) is 29.8 Å². The fourth-order valence-electron chi connectivity index (χ4n) is 1.86. The summed E-state index contributed by atoms with van der Waals surface area (Å²) < 4.78 is 55.5. The maximum Gasteiger partial charge on any atom is 0.232 e. The fraction of sp³-hybridized carbons (Fsp3) is 0.500. The van der Waals surface area contributed by atoms with Crippen molar-refractivity contribution in [2.75, 3.05) is 37.4 Å². The van der Waals surface area contributed by atoms with Crippen molar-refractivity contribution in [2.45, 2.75) is 12.8 Å². The second-order valence-electron chi connectivity index (χ2n) is 4.88. The molecule has 0 fully saturated rings. The van der Waals surface area contributed by atoms with Crippen LogP contribution in [0, 0.1) is 11.6 Å². The highest BCUT2D eigenvalue weighted by Gasteiger charge is 2.19. The standard InChI is InChI=1S/C14H20F2N2O4S/c1-22-9-3-7-17-14(19)6-8-18(23(2,20)21)11-4-5-12(15)13(16)10-11/h4-5,10H,3,6-9H2,1-2H3,(H,17,19). The van der Waals surface area contributed by atoms with E-state index >= 15 is 0 Å². The molecule has 0 saturated carbocycles. The molecule has 0 saturated heterocycles. The highest BCUT2D eigenvalue weighted by Crippen LogP contribution is 2.20. The van der Waals surface area contributed by atoms with Crippen LogP contribution in [0.25, 0.3) is 0 Å². The molecule has 0 aliphatic carbocycles. The number of nitrogens with zero attached hydrogens (tertiary/aromatic N) is 1. The first-order valence-electron chi connectivity index (χ1n) is 6.94. The lowest BCUT2D eigenvalue weighted by Gasteiger charge is -2.22. The Bertz CT molecular complexity index is 638. The molecule has 1 aromatic rings. The van der Waals surface area contributed by atoms with Crippen LogP contribution in [0.2, 0.25) is 0 Å². The van der Waals surface area contributed by atoms with Gasteiger partial charge in [-0.3, -0.25) is 9.10 Å². The highest BCUT2D eigenvalue weighted by atomic mass is 32.2. The van der Waals surface area contributed by atoms with Gasteiger partial charge in [-0.1, -0.05) is 0 Å². The molecular formula is C14H20F2N2O4S. The molecule has 0 unspecified atom stereocenters.